The van der Waals surface area contributed by atoms with Gasteiger partial charge in [0.15, 0.2) is 0 Å². The summed E-state index contributed by atoms with van der Waals surface area (Å²) >= 11 is 0. The Kier molecular flexibility index (Phi) is 4.20. The van der Waals surface area contributed by atoms with Crippen molar-refractivity contribution in [3.05, 3.63) is 0 Å². The Morgan fingerprint density at radius 1 is 1.62 bits per heavy atom. The first-order chi connectivity index (χ1) is 6.27. The summed E-state index contributed by atoms with van der Waals surface area (Å²) in [6.07, 6.45) is 3.77. The quantitative estimate of drug-likeness (QED) is 0.669. The van der Waals surface area contributed by atoms with Crippen molar-refractivity contribution < 1.29 is 4.74 Å². The van der Waals surface area contributed by atoms with E-state index in [2.05, 4.69) is 18.3 Å². The van der Waals surface area contributed by atoms with Crippen LogP contribution >= 0.6 is 0 Å². The molecule has 0 aromatic rings. The van der Waals surface area contributed by atoms with Gasteiger partial charge in [0.25, 0.3) is 0 Å². The first-order valence-corrected chi connectivity index (χ1v) is 4.98. The van der Waals surface area contributed by atoms with Crippen LogP contribution in [0.3, 0.4) is 0 Å². The number of hydrogen-bond acceptors (Lipinski definition) is 3. The number of nitrogens with zero attached hydrogens (tertiary/aromatic N) is 1. The van der Waals surface area contributed by atoms with Crippen molar-refractivity contribution in [3.8, 4) is 6.07 Å². The van der Waals surface area contributed by atoms with Gasteiger partial charge in [0.2, 0.25) is 0 Å². The van der Waals surface area contributed by atoms with Gasteiger partial charge in [-0.2, -0.15) is 5.26 Å². The van der Waals surface area contributed by atoms with Crippen LogP contribution in [0.25, 0.3) is 0 Å². The zero-order valence-corrected chi connectivity index (χ0v) is 8.31. The van der Waals surface area contributed by atoms with Crippen LogP contribution in [0.2, 0.25) is 0 Å². The van der Waals surface area contributed by atoms with Gasteiger partial charge in [-0.3, -0.25) is 0 Å². The molecule has 1 aliphatic rings. The topological polar surface area (TPSA) is 45.0 Å². The van der Waals surface area contributed by atoms with E-state index in [9.17, 15) is 0 Å². The molecular weight excluding hydrogens is 164 g/mol. The molecule has 13 heavy (non-hydrogen) atoms. The fourth-order valence-electron chi connectivity index (χ4n) is 1.62. The molecule has 3 heteroatoms. The highest BCUT2D eigenvalue weighted by atomic mass is 16.5. The van der Waals surface area contributed by atoms with Crippen molar-refractivity contribution in [2.24, 2.45) is 0 Å². The van der Waals surface area contributed by atoms with E-state index in [0.29, 0.717) is 13.0 Å². The molecule has 0 aliphatic carbocycles. The lowest BCUT2D eigenvalue weighted by atomic mass is 9.96. The zero-order chi connectivity index (χ0) is 9.57. The van der Waals surface area contributed by atoms with Crippen LogP contribution in [-0.2, 0) is 4.74 Å². The molecule has 1 fully saturated rings. The highest BCUT2D eigenvalue weighted by Gasteiger charge is 2.26. The number of nitrogens with one attached hydrogen (secondary N) is 1. The van der Waals surface area contributed by atoms with Crippen LogP contribution in [0.4, 0.5) is 0 Å². The van der Waals surface area contributed by atoms with E-state index in [1.165, 1.54) is 6.42 Å². The maximum atomic E-state index is 8.35. The molecule has 0 aromatic carbocycles. The van der Waals surface area contributed by atoms with Crippen LogP contribution in [0, 0.1) is 11.3 Å². The Morgan fingerprint density at radius 3 is 3.08 bits per heavy atom. The average molecular weight is 182 g/mol. The third kappa shape index (κ3) is 3.75. The molecule has 1 saturated heterocycles. The molecule has 0 radical (unpaired) electrons. The van der Waals surface area contributed by atoms with E-state index in [1.807, 2.05) is 0 Å². The van der Waals surface area contributed by atoms with E-state index < -0.39 is 0 Å². The van der Waals surface area contributed by atoms with Gasteiger partial charge in [-0.15, -0.1) is 0 Å². The Bertz CT molecular complexity index is 180. The largest absolute Gasteiger partial charge is 0.374 e. The first-order valence-electron chi connectivity index (χ1n) is 4.98. The van der Waals surface area contributed by atoms with Crippen molar-refractivity contribution in [1.29, 1.82) is 5.26 Å². The minimum Gasteiger partial charge on any atom is -0.374 e. The van der Waals surface area contributed by atoms with Gasteiger partial charge in [-0.05, 0) is 32.7 Å². The number of nitriles is 1. The number of unbranched alkanes of at least 4 members (excludes halogenated alkanes) is 1. The van der Waals surface area contributed by atoms with Gasteiger partial charge in [-0.1, -0.05) is 0 Å². The van der Waals surface area contributed by atoms with Crippen molar-refractivity contribution in [3.63, 3.8) is 0 Å². The van der Waals surface area contributed by atoms with Gasteiger partial charge in [0.1, 0.15) is 0 Å². The smallest absolute Gasteiger partial charge is 0.0778 e. The van der Waals surface area contributed by atoms with E-state index >= 15 is 0 Å². The van der Waals surface area contributed by atoms with Crippen molar-refractivity contribution in [1.82, 2.24) is 5.32 Å². The molecular formula is C10H18N2O. The molecule has 74 valence electrons. The number of rotatable bonds is 4. The van der Waals surface area contributed by atoms with E-state index in [-0.39, 0.29) is 5.60 Å². The third-order valence-electron chi connectivity index (χ3n) is 2.44. The van der Waals surface area contributed by atoms with E-state index in [1.54, 1.807) is 0 Å². The average Bonchev–Trinajstić information content (AvgIpc) is 2.14. The summed E-state index contributed by atoms with van der Waals surface area (Å²) in [5.41, 5.74) is 0.00764. The highest BCUT2D eigenvalue weighted by Crippen LogP contribution is 2.20. The van der Waals surface area contributed by atoms with Crippen LogP contribution in [-0.4, -0.2) is 25.3 Å². The standard InChI is InChI=1S/C10H18N2O/c1-10(5-4-7-12-9-10)13-8-3-2-6-11/h12H,2-5,7-9H2,1H3. The fourth-order valence-corrected chi connectivity index (χ4v) is 1.62. The number of piperidine rings is 1. The molecule has 0 saturated carbocycles. The lowest BCUT2D eigenvalue weighted by Gasteiger charge is -2.34. The van der Waals surface area contributed by atoms with Crippen molar-refractivity contribution in [2.45, 2.75) is 38.2 Å². The summed E-state index contributed by atoms with van der Waals surface area (Å²) in [5, 5.41) is 11.7. The molecule has 0 spiro atoms. The molecule has 1 atom stereocenters. The summed E-state index contributed by atoms with van der Waals surface area (Å²) in [7, 11) is 0. The second-order valence-electron chi connectivity index (χ2n) is 3.84. The Hall–Kier alpha value is -0.590. The summed E-state index contributed by atoms with van der Waals surface area (Å²) < 4.78 is 5.76. The predicted molar refractivity (Wildman–Crippen MR) is 51.3 cm³/mol. The predicted octanol–water partition coefficient (Wildman–Crippen LogP) is 1.45. The van der Waals surface area contributed by atoms with Gasteiger partial charge in [0.05, 0.1) is 11.7 Å². The lowest BCUT2D eigenvalue weighted by molar-refractivity contribution is -0.0469. The van der Waals surface area contributed by atoms with E-state index in [4.69, 9.17) is 10.00 Å². The Labute approximate surface area is 80.1 Å². The summed E-state index contributed by atoms with van der Waals surface area (Å²) in [6, 6.07) is 2.12. The van der Waals surface area contributed by atoms with Gasteiger partial charge < -0.3 is 10.1 Å². The Morgan fingerprint density at radius 2 is 2.46 bits per heavy atom. The van der Waals surface area contributed by atoms with Crippen LogP contribution in [0.15, 0.2) is 0 Å². The lowest BCUT2D eigenvalue weighted by Crippen LogP contribution is -2.45. The SMILES string of the molecule is CC1(OCCCC#N)CCCNC1. The number of ether oxygens (including phenoxy) is 1. The second-order valence-corrected chi connectivity index (χ2v) is 3.84. The van der Waals surface area contributed by atoms with Crippen LogP contribution in [0.1, 0.15) is 32.6 Å². The number of hydrogen-bond donors (Lipinski definition) is 1. The van der Waals surface area contributed by atoms with Gasteiger partial charge >= 0.3 is 0 Å². The fraction of sp³-hybridized carbons (Fsp3) is 0.900. The Balaban J connectivity index is 2.14. The minimum absolute atomic E-state index is 0.00764. The summed E-state index contributed by atoms with van der Waals surface area (Å²) in [5.74, 6) is 0. The van der Waals surface area contributed by atoms with Gasteiger partial charge in [-0.25, -0.2) is 0 Å². The maximum Gasteiger partial charge on any atom is 0.0778 e. The van der Waals surface area contributed by atoms with Gasteiger partial charge in [0, 0.05) is 19.6 Å². The molecule has 3 nitrogen and oxygen atoms in total. The summed E-state index contributed by atoms with van der Waals surface area (Å²) in [6.45, 7) is 4.91. The normalized spacial score (nSPS) is 28.3. The van der Waals surface area contributed by atoms with Crippen LogP contribution < -0.4 is 5.32 Å². The summed E-state index contributed by atoms with van der Waals surface area (Å²) in [4.78, 5) is 0. The van der Waals surface area contributed by atoms with Crippen LogP contribution in [0.5, 0.6) is 0 Å². The zero-order valence-electron chi connectivity index (χ0n) is 8.31. The van der Waals surface area contributed by atoms with E-state index in [0.717, 1.165) is 25.9 Å². The third-order valence-corrected chi connectivity index (χ3v) is 2.44. The molecule has 0 bridgehead atoms. The molecule has 1 rings (SSSR count). The minimum atomic E-state index is 0.00764. The molecule has 0 aromatic heterocycles. The maximum absolute atomic E-state index is 8.35. The molecule has 1 unspecified atom stereocenters. The molecule has 1 heterocycles. The second kappa shape index (κ2) is 5.21. The molecule has 0 amide bonds. The monoisotopic (exact) mass is 182 g/mol. The first kappa shape index (κ1) is 10.5. The highest BCUT2D eigenvalue weighted by molar-refractivity contribution is 4.82. The van der Waals surface area contributed by atoms with Crippen molar-refractivity contribution >= 4 is 0 Å². The van der Waals surface area contributed by atoms with Crippen molar-refractivity contribution in [2.75, 3.05) is 19.7 Å². The molecule has 1 aliphatic heterocycles. The molecule has 1 N–H and O–H groups in total.